The van der Waals surface area contributed by atoms with Gasteiger partial charge in [0.1, 0.15) is 5.69 Å². The first-order chi connectivity index (χ1) is 9.02. The molecule has 0 atom stereocenters. The van der Waals surface area contributed by atoms with Crippen molar-refractivity contribution in [1.82, 2.24) is 9.78 Å². The van der Waals surface area contributed by atoms with Gasteiger partial charge in [-0.2, -0.15) is 10.4 Å². The van der Waals surface area contributed by atoms with Crippen LogP contribution >= 0.6 is 0 Å². The maximum atomic E-state index is 10.9. The lowest BCUT2D eigenvalue weighted by molar-refractivity contribution is -0.384. The van der Waals surface area contributed by atoms with Crippen molar-refractivity contribution in [3.8, 4) is 11.8 Å². The van der Waals surface area contributed by atoms with Crippen LogP contribution in [-0.4, -0.2) is 25.8 Å². The number of benzene rings is 1. The molecular formula is C11H6N4O4. The lowest BCUT2D eigenvalue weighted by Gasteiger charge is -2.02. The van der Waals surface area contributed by atoms with E-state index in [1.165, 1.54) is 18.2 Å². The Hall–Kier alpha value is -3.21. The quantitative estimate of drug-likeness (QED) is 0.654. The molecule has 0 bridgehead atoms. The summed E-state index contributed by atoms with van der Waals surface area (Å²) in [6, 6.07) is 5.61. The molecule has 0 amide bonds. The van der Waals surface area contributed by atoms with E-state index in [4.69, 9.17) is 10.4 Å². The monoisotopic (exact) mass is 258 g/mol. The highest BCUT2D eigenvalue weighted by Crippen LogP contribution is 2.23. The highest BCUT2D eigenvalue weighted by Gasteiger charge is 2.18. The molecule has 1 heterocycles. The predicted molar refractivity (Wildman–Crippen MR) is 61.9 cm³/mol. The van der Waals surface area contributed by atoms with E-state index in [2.05, 4.69) is 5.10 Å². The number of carboxylic acid groups (broad SMARTS) is 1. The Balaban J connectivity index is 2.61. The molecule has 0 aliphatic carbocycles. The van der Waals surface area contributed by atoms with Crippen LogP contribution in [0.25, 0.3) is 5.69 Å². The minimum absolute atomic E-state index is 0.0385. The zero-order valence-corrected chi connectivity index (χ0v) is 9.35. The van der Waals surface area contributed by atoms with Crippen molar-refractivity contribution in [3.05, 3.63) is 51.8 Å². The Morgan fingerprint density at radius 1 is 1.53 bits per heavy atom. The fraction of sp³-hybridized carbons (Fsp3) is 0. The Morgan fingerprint density at radius 3 is 2.79 bits per heavy atom. The van der Waals surface area contributed by atoms with Crippen LogP contribution in [0.2, 0.25) is 0 Å². The van der Waals surface area contributed by atoms with Gasteiger partial charge >= 0.3 is 5.97 Å². The summed E-state index contributed by atoms with van der Waals surface area (Å²) in [5, 5.41) is 32.2. The molecule has 0 aliphatic rings. The van der Waals surface area contributed by atoms with Gasteiger partial charge in [0.15, 0.2) is 0 Å². The van der Waals surface area contributed by atoms with E-state index in [9.17, 15) is 14.9 Å². The van der Waals surface area contributed by atoms with Gasteiger partial charge in [0, 0.05) is 12.3 Å². The van der Waals surface area contributed by atoms with Gasteiger partial charge in [0.2, 0.25) is 0 Å². The van der Waals surface area contributed by atoms with E-state index in [1.54, 1.807) is 0 Å². The first-order valence-electron chi connectivity index (χ1n) is 5.00. The molecule has 19 heavy (non-hydrogen) atoms. The van der Waals surface area contributed by atoms with Crippen molar-refractivity contribution < 1.29 is 14.8 Å². The van der Waals surface area contributed by atoms with Crippen LogP contribution in [0.3, 0.4) is 0 Å². The second-order valence-electron chi connectivity index (χ2n) is 3.55. The van der Waals surface area contributed by atoms with Crippen LogP contribution in [0.15, 0.2) is 30.6 Å². The van der Waals surface area contributed by atoms with Crippen molar-refractivity contribution in [1.29, 1.82) is 5.26 Å². The Morgan fingerprint density at radius 2 is 2.26 bits per heavy atom. The lowest BCUT2D eigenvalue weighted by atomic mass is 10.2. The SMILES string of the molecule is N#Cc1ccc([N+](=O)[O-])c(-n2cc(C(=O)O)cn2)c1. The molecule has 94 valence electrons. The first kappa shape index (κ1) is 12.3. The minimum Gasteiger partial charge on any atom is -0.478 e. The van der Waals surface area contributed by atoms with Crippen LogP contribution in [0.5, 0.6) is 0 Å². The fourth-order valence-corrected chi connectivity index (χ4v) is 1.50. The summed E-state index contributed by atoms with van der Waals surface area (Å²) in [6.45, 7) is 0. The smallest absolute Gasteiger partial charge is 0.338 e. The Bertz CT molecular complexity index is 714. The van der Waals surface area contributed by atoms with Crippen LogP contribution in [0, 0.1) is 21.4 Å². The van der Waals surface area contributed by atoms with Crippen LogP contribution in [0.1, 0.15) is 15.9 Å². The van der Waals surface area contributed by atoms with Crippen LogP contribution in [0.4, 0.5) is 5.69 Å². The van der Waals surface area contributed by atoms with Gasteiger partial charge in [0.25, 0.3) is 5.69 Å². The van der Waals surface area contributed by atoms with Gasteiger partial charge < -0.3 is 5.11 Å². The van der Waals surface area contributed by atoms with E-state index in [0.717, 1.165) is 17.1 Å². The summed E-state index contributed by atoms with van der Waals surface area (Å²) in [5.41, 5.74) is -0.111. The van der Waals surface area contributed by atoms with E-state index in [1.807, 2.05) is 6.07 Å². The van der Waals surface area contributed by atoms with Crippen molar-refractivity contribution in [2.75, 3.05) is 0 Å². The topological polar surface area (TPSA) is 122 Å². The number of nitro groups is 1. The summed E-state index contributed by atoms with van der Waals surface area (Å²) >= 11 is 0. The second kappa shape index (κ2) is 4.58. The van der Waals surface area contributed by atoms with E-state index in [-0.39, 0.29) is 22.5 Å². The third-order valence-corrected chi connectivity index (χ3v) is 2.38. The van der Waals surface area contributed by atoms with Gasteiger partial charge in [-0.15, -0.1) is 0 Å². The third-order valence-electron chi connectivity index (χ3n) is 2.38. The van der Waals surface area contributed by atoms with E-state index >= 15 is 0 Å². The van der Waals surface area contributed by atoms with E-state index < -0.39 is 10.9 Å². The number of nitrogens with zero attached hydrogens (tertiary/aromatic N) is 4. The number of aromatic nitrogens is 2. The molecule has 0 unspecified atom stereocenters. The normalized spacial score (nSPS) is 9.84. The molecule has 0 radical (unpaired) electrons. The van der Waals surface area contributed by atoms with Gasteiger partial charge in [-0.1, -0.05) is 0 Å². The van der Waals surface area contributed by atoms with Gasteiger partial charge in [-0.3, -0.25) is 10.1 Å². The first-order valence-corrected chi connectivity index (χ1v) is 5.00. The number of hydrogen-bond donors (Lipinski definition) is 1. The molecule has 8 heteroatoms. The highest BCUT2D eigenvalue weighted by molar-refractivity contribution is 5.87. The molecule has 0 fully saturated rings. The Labute approximate surface area is 106 Å². The van der Waals surface area contributed by atoms with Crippen molar-refractivity contribution in [2.24, 2.45) is 0 Å². The number of rotatable bonds is 3. The van der Waals surface area contributed by atoms with Gasteiger partial charge in [-0.25, -0.2) is 9.48 Å². The standard InChI is InChI=1S/C11H6N4O4/c12-4-7-1-2-9(15(18)19)10(3-7)14-6-8(5-13-14)11(16)17/h1-3,5-6H,(H,16,17). The predicted octanol–water partition coefficient (Wildman–Crippen LogP) is 1.35. The van der Waals surface area contributed by atoms with Crippen LogP contribution in [-0.2, 0) is 0 Å². The number of carbonyl (C=O) groups is 1. The minimum atomic E-state index is -1.19. The summed E-state index contributed by atoms with van der Waals surface area (Å²) in [5.74, 6) is -1.19. The van der Waals surface area contributed by atoms with Crippen molar-refractivity contribution in [3.63, 3.8) is 0 Å². The molecule has 2 aromatic rings. The average molecular weight is 258 g/mol. The highest BCUT2D eigenvalue weighted by atomic mass is 16.6. The maximum Gasteiger partial charge on any atom is 0.338 e. The number of carboxylic acids is 1. The van der Waals surface area contributed by atoms with Crippen LogP contribution < -0.4 is 0 Å². The molecule has 0 saturated carbocycles. The van der Waals surface area contributed by atoms with Gasteiger partial charge in [0.05, 0.1) is 28.3 Å². The lowest BCUT2D eigenvalue weighted by Crippen LogP contribution is -2.01. The second-order valence-corrected chi connectivity index (χ2v) is 3.55. The van der Waals surface area contributed by atoms with E-state index in [0.29, 0.717) is 0 Å². The molecule has 2 rings (SSSR count). The molecule has 8 nitrogen and oxygen atoms in total. The Kier molecular flexibility index (Phi) is 2.95. The van der Waals surface area contributed by atoms with Crippen molar-refractivity contribution in [2.45, 2.75) is 0 Å². The maximum absolute atomic E-state index is 10.9. The zero-order valence-electron chi connectivity index (χ0n) is 9.35. The summed E-state index contributed by atoms with van der Waals surface area (Å²) < 4.78 is 1.06. The number of nitro benzene ring substituents is 1. The third kappa shape index (κ3) is 2.25. The molecule has 1 aromatic heterocycles. The molecule has 0 saturated heterocycles. The average Bonchev–Trinajstić information content (AvgIpc) is 2.87. The number of nitriles is 1. The number of hydrogen-bond acceptors (Lipinski definition) is 5. The van der Waals surface area contributed by atoms with Crippen molar-refractivity contribution >= 4 is 11.7 Å². The summed E-state index contributed by atoms with van der Waals surface area (Å²) in [6.07, 6.45) is 2.22. The summed E-state index contributed by atoms with van der Waals surface area (Å²) in [4.78, 5) is 21.0. The van der Waals surface area contributed by atoms with Gasteiger partial charge in [-0.05, 0) is 12.1 Å². The molecule has 1 N–H and O–H groups in total. The molecule has 0 spiro atoms. The largest absolute Gasteiger partial charge is 0.478 e. The fourth-order valence-electron chi connectivity index (χ4n) is 1.50. The number of aromatic carboxylic acids is 1. The molecule has 1 aromatic carbocycles. The summed E-state index contributed by atoms with van der Waals surface area (Å²) in [7, 11) is 0. The zero-order chi connectivity index (χ0) is 14.0. The molecule has 0 aliphatic heterocycles. The molecular weight excluding hydrogens is 252 g/mol.